The second-order valence-corrected chi connectivity index (χ2v) is 5.94. The molecule has 0 bridgehead atoms. The van der Waals surface area contributed by atoms with E-state index in [4.69, 9.17) is 11.5 Å². The van der Waals surface area contributed by atoms with Crippen LogP contribution in [0, 0.1) is 5.92 Å². The van der Waals surface area contributed by atoms with Gasteiger partial charge in [0.1, 0.15) is 10.6 Å². The Kier molecular flexibility index (Phi) is 4.63. The number of nitrogen functional groups attached to an aromatic ring is 1. The molecule has 1 aliphatic heterocycles. The van der Waals surface area contributed by atoms with Crippen LogP contribution in [0.1, 0.15) is 49.4 Å². The van der Waals surface area contributed by atoms with Gasteiger partial charge >= 0.3 is 0 Å². The number of rotatable bonds is 4. The molecule has 2 heterocycles. The number of carbonyl (C=O) groups excluding carboxylic acids is 1. The molecule has 5 nitrogen and oxygen atoms in total. The Labute approximate surface area is 118 Å². The van der Waals surface area contributed by atoms with Crippen LogP contribution >= 0.6 is 11.5 Å². The van der Waals surface area contributed by atoms with E-state index in [1.165, 1.54) is 37.2 Å². The molecule has 0 radical (unpaired) electrons. The van der Waals surface area contributed by atoms with Gasteiger partial charge in [0.25, 0.3) is 5.91 Å². The molecular formula is C13H22N4OS. The SMILES string of the molecule is CCCC1CCCN(c2snc(N)c2C(N)=O)CC1. The Morgan fingerprint density at radius 2 is 2.26 bits per heavy atom. The van der Waals surface area contributed by atoms with Gasteiger partial charge in [0.2, 0.25) is 0 Å². The molecule has 1 aliphatic rings. The van der Waals surface area contributed by atoms with E-state index in [0.717, 1.165) is 30.4 Å². The van der Waals surface area contributed by atoms with Crippen LogP contribution in [0.25, 0.3) is 0 Å². The van der Waals surface area contributed by atoms with Gasteiger partial charge < -0.3 is 16.4 Å². The molecule has 106 valence electrons. The van der Waals surface area contributed by atoms with Crippen molar-refractivity contribution in [1.82, 2.24) is 4.37 Å². The molecule has 4 N–H and O–H groups in total. The first-order chi connectivity index (χ1) is 9.13. The molecule has 1 unspecified atom stereocenters. The third-order valence-electron chi connectivity index (χ3n) is 3.78. The minimum absolute atomic E-state index is 0.266. The molecule has 2 rings (SSSR count). The maximum atomic E-state index is 11.5. The fourth-order valence-corrected chi connectivity index (χ4v) is 3.68. The molecule has 1 saturated heterocycles. The number of hydrogen-bond donors (Lipinski definition) is 2. The zero-order valence-electron chi connectivity index (χ0n) is 11.4. The topological polar surface area (TPSA) is 85.2 Å². The normalized spacial score (nSPS) is 20.3. The highest BCUT2D eigenvalue weighted by Gasteiger charge is 2.24. The first kappa shape index (κ1) is 14.1. The lowest BCUT2D eigenvalue weighted by atomic mass is 9.96. The van der Waals surface area contributed by atoms with E-state index in [1.807, 2.05) is 0 Å². The lowest BCUT2D eigenvalue weighted by molar-refractivity contribution is 0.100. The van der Waals surface area contributed by atoms with Crippen molar-refractivity contribution < 1.29 is 4.79 Å². The van der Waals surface area contributed by atoms with E-state index in [1.54, 1.807) is 0 Å². The number of amides is 1. The molecule has 1 atom stereocenters. The fraction of sp³-hybridized carbons (Fsp3) is 0.692. The highest BCUT2D eigenvalue weighted by molar-refractivity contribution is 7.11. The molecule has 1 aromatic rings. The van der Waals surface area contributed by atoms with Gasteiger partial charge in [-0.2, -0.15) is 4.37 Å². The average molecular weight is 282 g/mol. The van der Waals surface area contributed by atoms with Crippen LogP contribution in [0.5, 0.6) is 0 Å². The highest BCUT2D eigenvalue weighted by Crippen LogP contribution is 2.33. The largest absolute Gasteiger partial charge is 0.382 e. The van der Waals surface area contributed by atoms with E-state index >= 15 is 0 Å². The Bertz CT molecular complexity index is 446. The number of nitrogens with zero attached hydrogens (tertiary/aromatic N) is 2. The van der Waals surface area contributed by atoms with Crippen LogP contribution in [0.2, 0.25) is 0 Å². The predicted molar refractivity (Wildman–Crippen MR) is 79.5 cm³/mol. The van der Waals surface area contributed by atoms with Gasteiger partial charge in [-0.3, -0.25) is 4.79 Å². The van der Waals surface area contributed by atoms with E-state index in [9.17, 15) is 4.79 Å². The highest BCUT2D eigenvalue weighted by atomic mass is 32.1. The predicted octanol–water partition coefficient (Wildman–Crippen LogP) is 2.23. The van der Waals surface area contributed by atoms with E-state index in [2.05, 4.69) is 16.2 Å². The molecule has 0 spiro atoms. The van der Waals surface area contributed by atoms with Crippen LogP contribution in [0.4, 0.5) is 10.8 Å². The van der Waals surface area contributed by atoms with Crippen molar-refractivity contribution in [2.75, 3.05) is 23.7 Å². The van der Waals surface area contributed by atoms with Crippen molar-refractivity contribution in [2.24, 2.45) is 11.7 Å². The first-order valence-electron chi connectivity index (χ1n) is 6.93. The summed E-state index contributed by atoms with van der Waals surface area (Å²) < 4.78 is 4.08. The summed E-state index contributed by atoms with van der Waals surface area (Å²) in [6.07, 6.45) is 6.13. The van der Waals surface area contributed by atoms with E-state index < -0.39 is 5.91 Å². The van der Waals surface area contributed by atoms with Gasteiger partial charge in [0, 0.05) is 13.1 Å². The lowest BCUT2D eigenvalue weighted by Gasteiger charge is -2.21. The summed E-state index contributed by atoms with van der Waals surface area (Å²) in [5, 5.41) is 0.849. The molecule has 1 amide bonds. The summed E-state index contributed by atoms with van der Waals surface area (Å²) in [5.74, 6) is 0.592. The smallest absolute Gasteiger partial charge is 0.255 e. The van der Waals surface area contributed by atoms with E-state index in [0.29, 0.717) is 5.56 Å². The number of anilines is 2. The Morgan fingerprint density at radius 3 is 2.95 bits per heavy atom. The van der Waals surface area contributed by atoms with Gasteiger partial charge in [-0.1, -0.05) is 19.8 Å². The fourth-order valence-electron chi connectivity index (χ4n) is 2.81. The van der Waals surface area contributed by atoms with Crippen LogP contribution in [0.3, 0.4) is 0 Å². The summed E-state index contributed by atoms with van der Waals surface area (Å²) in [5.41, 5.74) is 11.5. The monoisotopic (exact) mass is 282 g/mol. The molecule has 1 fully saturated rings. The molecule has 0 aliphatic carbocycles. The second kappa shape index (κ2) is 6.23. The quantitative estimate of drug-likeness (QED) is 0.886. The van der Waals surface area contributed by atoms with Gasteiger partial charge in [0.05, 0.1) is 0 Å². The summed E-state index contributed by atoms with van der Waals surface area (Å²) in [6.45, 7) is 4.16. The van der Waals surface area contributed by atoms with Crippen molar-refractivity contribution in [3.05, 3.63) is 5.56 Å². The summed E-state index contributed by atoms with van der Waals surface area (Å²) in [6, 6.07) is 0. The molecular weight excluding hydrogens is 260 g/mol. The van der Waals surface area contributed by atoms with Gasteiger partial charge in [-0.25, -0.2) is 0 Å². The summed E-state index contributed by atoms with van der Waals surface area (Å²) >= 11 is 1.28. The van der Waals surface area contributed by atoms with Crippen molar-refractivity contribution in [3.8, 4) is 0 Å². The zero-order chi connectivity index (χ0) is 13.8. The summed E-state index contributed by atoms with van der Waals surface area (Å²) in [7, 11) is 0. The Hall–Kier alpha value is -1.30. The van der Waals surface area contributed by atoms with Crippen LogP contribution in [-0.4, -0.2) is 23.4 Å². The van der Waals surface area contributed by atoms with Crippen LogP contribution in [0.15, 0.2) is 0 Å². The molecule has 19 heavy (non-hydrogen) atoms. The third-order valence-corrected chi connectivity index (χ3v) is 4.70. The number of primary amides is 1. The zero-order valence-corrected chi connectivity index (χ0v) is 12.2. The van der Waals surface area contributed by atoms with Gasteiger partial charge in [0.15, 0.2) is 5.82 Å². The van der Waals surface area contributed by atoms with Crippen LogP contribution < -0.4 is 16.4 Å². The molecule has 0 aromatic carbocycles. The van der Waals surface area contributed by atoms with Crippen molar-refractivity contribution in [2.45, 2.75) is 39.0 Å². The Morgan fingerprint density at radius 1 is 1.47 bits per heavy atom. The molecule has 0 saturated carbocycles. The standard InChI is InChI=1S/C13H22N4OS/c1-2-4-9-5-3-7-17(8-6-9)13-10(12(15)18)11(14)16-19-13/h9H,2-8H2,1H3,(H2,14,16)(H2,15,18). The lowest BCUT2D eigenvalue weighted by Crippen LogP contribution is -2.26. The first-order valence-corrected chi connectivity index (χ1v) is 7.70. The molecule has 6 heteroatoms. The van der Waals surface area contributed by atoms with Crippen molar-refractivity contribution in [1.29, 1.82) is 0 Å². The van der Waals surface area contributed by atoms with Gasteiger partial charge in [-0.05, 0) is 36.7 Å². The average Bonchev–Trinajstić information content (AvgIpc) is 2.60. The van der Waals surface area contributed by atoms with Gasteiger partial charge in [-0.15, -0.1) is 0 Å². The minimum atomic E-state index is -0.476. The minimum Gasteiger partial charge on any atom is -0.382 e. The number of nitrogens with two attached hydrogens (primary N) is 2. The van der Waals surface area contributed by atoms with Crippen LogP contribution in [-0.2, 0) is 0 Å². The van der Waals surface area contributed by atoms with Crippen molar-refractivity contribution in [3.63, 3.8) is 0 Å². The van der Waals surface area contributed by atoms with E-state index in [-0.39, 0.29) is 5.82 Å². The maximum Gasteiger partial charge on any atom is 0.255 e. The third kappa shape index (κ3) is 3.18. The number of hydrogen-bond acceptors (Lipinski definition) is 5. The second-order valence-electron chi connectivity index (χ2n) is 5.18. The number of carbonyl (C=O) groups is 1. The number of aromatic nitrogens is 1. The Balaban J connectivity index is 2.12. The molecule has 1 aromatic heterocycles. The van der Waals surface area contributed by atoms with Crippen molar-refractivity contribution >= 4 is 28.3 Å². The maximum absolute atomic E-state index is 11.5. The summed E-state index contributed by atoms with van der Waals surface area (Å²) in [4.78, 5) is 13.7.